The van der Waals surface area contributed by atoms with Crippen LogP contribution >= 0.6 is 24.0 Å². The molecular weight excluding hydrogens is 405 g/mol. The Morgan fingerprint density at radius 2 is 1.91 bits per heavy atom. The van der Waals surface area contributed by atoms with Crippen molar-refractivity contribution in [2.45, 2.75) is 40.5 Å². The van der Waals surface area contributed by atoms with Gasteiger partial charge in [-0.25, -0.2) is 0 Å². The van der Waals surface area contributed by atoms with Crippen LogP contribution in [0.2, 0.25) is 0 Å². The van der Waals surface area contributed by atoms with Crippen LogP contribution in [-0.2, 0) is 0 Å². The fourth-order valence-corrected chi connectivity index (χ4v) is 2.02. The predicted octanol–water partition coefficient (Wildman–Crippen LogP) is 4.26. The van der Waals surface area contributed by atoms with Crippen molar-refractivity contribution >= 4 is 35.6 Å². The van der Waals surface area contributed by atoms with Crippen molar-refractivity contribution in [3.63, 3.8) is 0 Å². The van der Waals surface area contributed by atoms with E-state index in [1.165, 1.54) is 0 Å². The van der Waals surface area contributed by atoms with E-state index in [2.05, 4.69) is 24.2 Å². The molecule has 0 saturated heterocycles. The van der Waals surface area contributed by atoms with E-state index in [0.717, 1.165) is 36.6 Å². The second-order valence-corrected chi connectivity index (χ2v) is 5.45. The van der Waals surface area contributed by atoms with Gasteiger partial charge < -0.3 is 20.5 Å². The molecular formula is C17H30IN3O2. The maximum Gasteiger partial charge on any atom is 0.193 e. The third-order valence-electron chi connectivity index (χ3n) is 3.05. The topological polar surface area (TPSA) is 68.9 Å². The number of hydrogen-bond acceptors (Lipinski definition) is 3. The molecule has 0 aromatic heterocycles. The van der Waals surface area contributed by atoms with Crippen molar-refractivity contribution in [1.82, 2.24) is 0 Å². The molecule has 0 heterocycles. The fraction of sp³-hybridized carbons (Fsp3) is 0.588. The zero-order chi connectivity index (χ0) is 16.4. The second kappa shape index (κ2) is 12.3. The third-order valence-corrected chi connectivity index (χ3v) is 3.05. The van der Waals surface area contributed by atoms with Crippen LogP contribution in [0.15, 0.2) is 23.2 Å². The molecule has 0 aliphatic rings. The fourth-order valence-electron chi connectivity index (χ4n) is 2.02. The van der Waals surface area contributed by atoms with Gasteiger partial charge in [0.25, 0.3) is 0 Å². The first kappa shape index (κ1) is 21.8. The Balaban J connectivity index is 0.00000484. The van der Waals surface area contributed by atoms with Gasteiger partial charge in [-0.1, -0.05) is 13.8 Å². The number of anilines is 1. The standard InChI is InChI=1S/C17H29N3O2.HI/c1-5-21-14-9-10-16(22-6-2)15(12-14)20-17(18)19-11-7-8-13(3)4;/h9-10,12-13H,5-8,11H2,1-4H3,(H3,18,19,20);1H. The summed E-state index contributed by atoms with van der Waals surface area (Å²) in [4.78, 5) is 4.36. The van der Waals surface area contributed by atoms with E-state index < -0.39 is 0 Å². The average Bonchev–Trinajstić information content (AvgIpc) is 2.46. The van der Waals surface area contributed by atoms with E-state index in [4.69, 9.17) is 15.2 Å². The predicted molar refractivity (Wildman–Crippen MR) is 108 cm³/mol. The number of nitrogens with two attached hydrogens (primary N) is 1. The number of nitrogens with one attached hydrogen (secondary N) is 1. The number of rotatable bonds is 9. The minimum Gasteiger partial charge on any atom is -0.494 e. The van der Waals surface area contributed by atoms with Crippen molar-refractivity contribution in [2.75, 3.05) is 25.1 Å². The van der Waals surface area contributed by atoms with Crippen molar-refractivity contribution < 1.29 is 9.47 Å². The summed E-state index contributed by atoms with van der Waals surface area (Å²) in [7, 11) is 0. The molecule has 1 rings (SSSR count). The van der Waals surface area contributed by atoms with Gasteiger partial charge in [-0.3, -0.25) is 4.99 Å². The van der Waals surface area contributed by atoms with Gasteiger partial charge in [-0.05, 0) is 44.7 Å². The Bertz CT molecular complexity index is 479. The van der Waals surface area contributed by atoms with Crippen molar-refractivity contribution in [3.8, 4) is 11.5 Å². The minimum absolute atomic E-state index is 0. The number of nitrogens with zero attached hydrogens (tertiary/aromatic N) is 1. The minimum atomic E-state index is 0. The monoisotopic (exact) mass is 435 g/mol. The lowest BCUT2D eigenvalue weighted by atomic mass is 10.1. The first-order valence-electron chi connectivity index (χ1n) is 8.03. The van der Waals surface area contributed by atoms with Crippen LogP contribution in [0.5, 0.6) is 11.5 Å². The number of ether oxygens (including phenoxy) is 2. The zero-order valence-electron chi connectivity index (χ0n) is 14.6. The Hall–Kier alpha value is -1.18. The maximum atomic E-state index is 5.95. The van der Waals surface area contributed by atoms with Crippen LogP contribution in [0.3, 0.4) is 0 Å². The number of benzene rings is 1. The van der Waals surface area contributed by atoms with Gasteiger partial charge in [0, 0.05) is 12.6 Å². The highest BCUT2D eigenvalue weighted by Gasteiger charge is 2.07. The molecule has 0 aliphatic carbocycles. The summed E-state index contributed by atoms with van der Waals surface area (Å²) in [5.41, 5.74) is 6.73. The quantitative estimate of drug-likeness (QED) is 0.263. The van der Waals surface area contributed by atoms with Gasteiger partial charge in [0.1, 0.15) is 11.5 Å². The molecule has 6 heteroatoms. The molecule has 0 radical (unpaired) electrons. The molecule has 1 aromatic rings. The van der Waals surface area contributed by atoms with Crippen molar-refractivity contribution in [1.29, 1.82) is 0 Å². The van der Waals surface area contributed by atoms with Gasteiger partial charge in [0.2, 0.25) is 0 Å². The van der Waals surface area contributed by atoms with Gasteiger partial charge in [-0.15, -0.1) is 24.0 Å². The van der Waals surface area contributed by atoms with E-state index in [0.29, 0.717) is 25.1 Å². The largest absolute Gasteiger partial charge is 0.494 e. The zero-order valence-corrected chi connectivity index (χ0v) is 16.9. The van der Waals surface area contributed by atoms with Crippen molar-refractivity contribution in [3.05, 3.63) is 18.2 Å². The van der Waals surface area contributed by atoms with E-state index >= 15 is 0 Å². The molecule has 0 fully saturated rings. The molecule has 5 nitrogen and oxygen atoms in total. The maximum absolute atomic E-state index is 5.95. The summed E-state index contributed by atoms with van der Waals surface area (Å²) in [6.45, 7) is 10.3. The normalized spacial score (nSPS) is 11.1. The molecule has 0 aliphatic heterocycles. The molecule has 1 aromatic carbocycles. The Labute approximate surface area is 157 Å². The first-order chi connectivity index (χ1) is 10.6. The molecule has 0 amide bonds. The van der Waals surface area contributed by atoms with Gasteiger partial charge in [0.15, 0.2) is 5.96 Å². The molecule has 0 atom stereocenters. The van der Waals surface area contributed by atoms with E-state index in [1.54, 1.807) is 0 Å². The highest BCUT2D eigenvalue weighted by molar-refractivity contribution is 14.0. The number of aliphatic imine (C=N–C) groups is 1. The molecule has 0 spiro atoms. The molecule has 0 saturated carbocycles. The Kier molecular flexibility index (Phi) is 11.6. The van der Waals surface area contributed by atoms with Crippen LogP contribution < -0.4 is 20.5 Å². The summed E-state index contributed by atoms with van der Waals surface area (Å²) < 4.78 is 11.1. The molecule has 0 bridgehead atoms. The smallest absolute Gasteiger partial charge is 0.193 e. The third kappa shape index (κ3) is 8.88. The first-order valence-corrected chi connectivity index (χ1v) is 8.03. The summed E-state index contributed by atoms with van der Waals surface area (Å²) in [6.07, 6.45) is 2.19. The van der Waals surface area contributed by atoms with Gasteiger partial charge >= 0.3 is 0 Å². The summed E-state index contributed by atoms with van der Waals surface area (Å²) >= 11 is 0. The highest BCUT2D eigenvalue weighted by atomic mass is 127. The van der Waals surface area contributed by atoms with Crippen LogP contribution in [0.25, 0.3) is 0 Å². The Morgan fingerprint density at radius 3 is 2.52 bits per heavy atom. The number of halogens is 1. The summed E-state index contributed by atoms with van der Waals surface area (Å²) in [6, 6.07) is 5.64. The Morgan fingerprint density at radius 1 is 1.22 bits per heavy atom. The SMILES string of the molecule is CCOc1ccc(OCC)c(NC(N)=NCCCC(C)C)c1.I. The summed E-state index contributed by atoms with van der Waals surface area (Å²) in [5, 5.41) is 3.11. The molecule has 0 unspecified atom stereocenters. The lowest BCUT2D eigenvalue weighted by Gasteiger charge is -2.14. The lowest BCUT2D eigenvalue weighted by molar-refractivity contribution is 0.332. The molecule has 3 N–H and O–H groups in total. The van der Waals surface area contributed by atoms with Crippen LogP contribution in [0, 0.1) is 5.92 Å². The number of hydrogen-bond donors (Lipinski definition) is 2. The van der Waals surface area contributed by atoms with E-state index in [9.17, 15) is 0 Å². The van der Waals surface area contributed by atoms with Crippen LogP contribution in [0.1, 0.15) is 40.5 Å². The molecule has 23 heavy (non-hydrogen) atoms. The lowest BCUT2D eigenvalue weighted by Crippen LogP contribution is -2.23. The van der Waals surface area contributed by atoms with E-state index in [-0.39, 0.29) is 24.0 Å². The highest BCUT2D eigenvalue weighted by Crippen LogP contribution is 2.29. The average molecular weight is 435 g/mol. The second-order valence-electron chi connectivity index (χ2n) is 5.45. The molecule has 132 valence electrons. The van der Waals surface area contributed by atoms with Crippen LogP contribution in [-0.4, -0.2) is 25.7 Å². The number of guanidine groups is 1. The van der Waals surface area contributed by atoms with Crippen molar-refractivity contribution in [2.24, 2.45) is 16.6 Å². The van der Waals surface area contributed by atoms with E-state index in [1.807, 2.05) is 32.0 Å². The van der Waals surface area contributed by atoms with Gasteiger partial charge in [0.05, 0.1) is 18.9 Å². The summed E-state index contributed by atoms with van der Waals surface area (Å²) in [5.74, 6) is 2.61. The van der Waals surface area contributed by atoms with Gasteiger partial charge in [-0.2, -0.15) is 0 Å². The van der Waals surface area contributed by atoms with Crippen LogP contribution in [0.4, 0.5) is 5.69 Å².